The summed E-state index contributed by atoms with van der Waals surface area (Å²) < 4.78 is 0. The molecule has 68 valence electrons. The SMILES string of the molecule is Cl.Clc1ccc(NCCBr)cc1. The molecule has 1 rings (SSSR count). The molecule has 0 saturated heterocycles. The van der Waals surface area contributed by atoms with Crippen molar-refractivity contribution in [2.24, 2.45) is 0 Å². The van der Waals surface area contributed by atoms with E-state index >= 15 is 0 Å². The first-order valence-electron chi connectivity index (χ1n) is 3.38. The van der Waals surface area contributed by atoms with Crippen molar-refractivity contribution in [2.45, 2.75) is 0 Å². The van der Waals surface area contributed by atoms with E-state index in [4.69, 9.17) is 11.6 Å². The van der Waals surface area contributed by atoms with E-state index in [1.165, 1.54) is 0 Å². The Labute approximate surface area is 92.0 Å². The quantitative estimate of drug-likeness (QED) is 0.828. The molecule has 0 heterocycles. The van der Waals surface area contributed by atoms with Crippen molar-refractivity contribution in [3.8, 4) is 0 Å². The molecule has 1 aromatic carbocycles. The number of alkyl halides is 1. The molecule has 0 atom stereocenters. The van der Waals surface area contributed by atoms with Crippen LogP contribution in [-0.2, 0) is 0 Å². The maximum atomic E-state index is 5.71. The molecule has 1 nitrogen and oxygen atoms in total. The summed E-state index contributed by atoms with van der Waals surface area (Å²) in [4.78, 5) is 0. The summed E-state index contributed by atoms with van der Waals surface area (Å²) in [6.45, 7) is 0.932. The van der Waals surface area contributed by atoms with E-state index in [1.54, 1.807) is 0 Å². The standard InChI is InChI=1S/C8H9BrClN.ClH/c9-5-6-11-8-3-1-7(10)2-4-8;/h1-4,11H,5-6H2;1H. The Morgan fingerprint density at radius 3 is 2.33 bits per heavy atom. The molecule has 0 aliphatic heterocycles. The number of rotatable bonds is 3. The number of anilines is 1. The zero-order valence-corrected chi connectivity index (χ0v) is 9.55. The van der Waals surface area contributed by atoms with E-state index in [0.29, 0.717) is 0 Å². The molecule has 0 fully saturated rings. The molecule has 1 aromatic rings. The third kappa shape index (κ3) is 4.19. The minimum absolute atomic E-state index is 0. The number of halogens is 3. The van der Waals surface area contributed by atoms with E-state index in [0.717, 1.165) is 22.6 Å². The van der Waals surface area contributed by atoms with Crippen LogP contribution in [0.5, 0.6) is 0 Å². The second-order valence-electron chi connectivity index (χ2n) is 2.12. The molecule has 0 amide bonds. The van der Waals surface area contributed by atoms with Gasteiger partial charge in [-0.2, -0.15) is 0 Å². The molecule has 12 heavy (non-hydrogen) atoms. The molecular formula is C8H10BrCl2N. The highest BCUT2D eigenvalue weighted by atomic mass is 79.9. The molecule has 0 radical (unpaired) electrons. The van der Waals surface area contributed by atoms with Gasteiger partial charge in [0.15, 0.2) is 0 Å². The van der Waals surface area contributed by atoms with Crippen molar-refractivity contribution < 1.29 is 0 Å². The maximum absolute atomic E-state index is 5.71. The van der Waals surface area contributed by atoms with Gasteiger partial charge < -0.3 is 5.32 Å². The van der Waals surface area contributed by atoms with Crippen molar-refractivity contribution >= 4 is 45.6 Å². The summed E-state index contributed by atoms with van der Waals surface area (Å²) in [5, 5.41) is 4.94. The average Bonchev–Trinajstić information content (AvgIpc) is 2.04. The van der Waals surface area contributed by atoms with Gasteiger partial charge in [0.05, 0.1) is 0 Å². The lowest BCUT2D eigenvalue weighted by Gasteiger charge is -2.02. The van der Waals surface area contributed by atoms with Gasteiger partial charge in [-0.05, 0) is 24.3 Å². The molecule has 0 bridgehead atoms. The van der Waals surface area contributed by atoms with Gasteiger partial charge in [-0.3, -0.25) is 0 Å². The fraction of sp³-hybridized carbons (Fsp3) is 0.250. The van der Waals surface area contributed by atoms with Crippen molar-refractivity contribution in [2.75, 3.05) is 17.2 Å². The van der Waals surface area contributed by atoms with Gasteiger partial charge in [0.2, 0.25) is 0 Å². The smallest absolute Gasteiger partial charge is 0.0407 e. The average molecular weight is 271 g/mol. The van der Waals surface area contributed by atoms with Crippen LogP contribution in [0.4, 0.5) is 5.69 Å². The summed E-state index contributed by atoms with van der Waals surface area (Å²) in [7, 11) is 0. The Morgan fingerprint density at radius 1 is 1.25 bits per heavy atom. The molecule has 0 unspecified atom stereocenters. The van der Waals surface area contributed by atoms with Gasteiger partial charge in [-0.25, -0.2) is 0 Å². The molecular weight excluding hydrogens is 261 g/mol. The predicted octanol–water partition coefficient (Wildman–Crippen LogP) is 3.57. The molecule has 0 aromatic heterocycles. The van der Waals surface area contributed by atoms with Crippen molar-refractivity contribution in [1.82, 2.24) is 0 Å². The van der Waals surface area contributed by atoms with Crippen LogP contribution >= 0.6 is 39.9 Å². The number of nitrogens with one attached hydrogen (secondary N) is 1. The van der Waals surface area contributed by atoms with Crippen molar-refractivity contribution in [1.29, 1.82) is 0 Å². The van der Waals surface area contributed by atoms with Gasteiger partial charge in [0.1, 0.15) is 0 Å². The third-order valence-electron chi connectivity index (χ3n) is 1.27. The monoisotopic (exact) mass is 269 g/mol. The molecule has 0 spiro atoms. The normalized spacial score (nSPS) is 8.83. The van der Waals surface area contributed by atoms with Crippen molar-refractivity contribution in [3.63, 3.8) is 0 Å². The topological polar surface area (TPSA) is 12.0 Å². The summed E-state index contributed by atoms with van der Waals surface area (Å²) in [5.41, 5.74) is 1.11. The van der Waals surface area contributed by atoms with Gasteiger partial charge in [-0.15, -0.1) is 12.4 Å². The van der Waals surface area contributed by atoms with Crippen LogP contribution in [0.15, 0.2) is 24.3 Å². The zero-order chi connectivity index (χ0) is 8.10. The number of benzene rings is 1. The van der Waals surface area contributed by atoms with E-state index < -0.39 is 0 Å². The number of hydrogen-bond donors (Lipinski definition) is 1. The summed E-state index contributed by atoms with van der Waals surface area (Å²) in [6, 6.07) is 7.67. The van der Waals surface area contributed by atoms with E-state index in [-0.39, 0.29) is 12.4 Å². The predicted molar refractivity (Wildman–Crippen MR) is 61.0 cm³/mol. The lowest BCUT2D eigenvalue weighted by Crippen LogP contribution is -2.01. The van der Waals surface area contributed by atoms with Gasteiger partial charge >= 0.3 is 0 Å². The first kappa shape index (κ1) is 12.1. The van der Waals surface area contributed by atoms with Crippen molar-refractivity contribution in [3.05, 3.63) is 29.3 Å². The first-order valence-corrected chi connectivity index (χ1v) is 4.88. The third-order valence-corrected chi connectivity index (χ3v) is 1.92. The Bertz CT molecular complexity index is 213. The zero-order valence-electron chi connectivity index (χ0n) is 6.39. The summed E-state index contributed by atoms with van der Waals surface area (Å²) in [6.07, 6.45) is 0. The Kier molecular flexibility index (Phi) is 6.62. The second kappa shape index (κ2) is 6.58. The fourth-order valence-corrected chi connectivity index (χ4v) is 1.08. The molecule has 1 N–H and O–H groups in total. The van der Waals surface area contributed by atoms with Gasteiger partial charge in [0.25, 0.3) is 0 Å². The van der Waals surface area contributed by atoms with Gasteiger partial charge in [-0.1, -0.05) is 27.5 Å². The maximum Gasteiger partial charge on any atom is 0.0407 e. The van der Waals surface area contributed by atoms with E-state index in [9.17, 15) is 0 Å². The van der Waals surface area contributed by atoms with Crippen LogP contribution in [0.3, 0.4) is 0 Å². The van der Waals surface area contributed by atoms with Crippen LogP contribution in [-0.4, -0.2) is 11.9 Å². The summed E-state index contributed by atoms with van der Waals surface area (Å²) in [5.74, 6) is 0. The summed E-state index contributed by atoms with van der Waals surface area (Å²) >= 11 is 9.04. The molecule has 0 saturated carbocycles. The van der Waals surface area contributed by atoms with Crippen LogP contribution in [0.25, 0.3) is 0 Å². The number of hydrogen-bond acceptors (Lipinski definition) is 1. The Balaban J connectivity index is 0.00000121. The van der Waals surface area contributed by atoms with Crippen LogP contribution < -0.4 is 5.32 Å². The second-order valence-corrected chi connectivity index (χ2v) is 3.35. The Morgan fingerprint density at radius 2 is 1.83 bits per heavy atom. The lowest BCUT2D eigenvalue weighted by atomic mass is 10.3. The minimum atomic E-state index is 0. The molecule has 4 heteroatoms. The lowest BCUT2D eigenvalue weighted by molar-refractivity contribution is 1.24. The minimum Gasteiger partial charge on any atom is -0.384 e. The molecule has 0 aliphatic carbocycles. The highest BCUT2D eigenvalue weighted by molar-refractivity contribution is 9.09. The molecule has 0 aliphatic rings. The highest BCUT2D eigenvalue weighted by Crippen LogP contribution is 2.12. The van der Waals surface area contributed by atoms with Crippen LogP contribution in [0.1, 0.15) is 0 Å². The Hall–Kier alpha value is 0.0800. The van der Waals surface area contributed by atoms with Crippen LogP contribution in [0, 0.1) is 0 Å². The van der Waals surface area contributed by atoms with E-state index in [1.807, 2.05) is 24.3 Å². The first-order chi connectivity index (χ1) is 5.33. The van der Waals surface area contributed by atoms with Crippen LogP contribution in [0.2, 0.25) is 5.02 Å². The van der Waals surface area contributed by atoms with Gasteiger partial charge in [0, 0.05) is 22.6 Å². The fourth-order valence-electron chi connectivity index (χ4n) is 0.759. The van der Waals surface area contributed by atoms with E-state index in [2.05, 4.69) is 21.2 Å². The highest BCUT2D eigenvalue weighted by Gasteiger charge is 1.89. The largest absolute Gasteiger partial charge is 0.384 e.